The summed E-state index contributed by atoms with van der Waals surface area (Å²) in [6, 6.07) is 8.75. The Morgan fingerprint density at radius 2 is 1.90 bits per heavy atom. The number of hydrogen-bond donors (Lipinski definition) is 2. The monoisotopic (exact) mass is 286 g/mol. The fourth-order valence-electron chi connectivity index (χ4n) is 2.58. The van der Waals surface area contributed by atoms with Gasteiger partial charge in [-0.05, 0) is 50.5 Å². The Morgan fingerprint density at radius 1 is 1.19 bits per heavy atom. The minimum Gasteiger partial charge on any atom is -0.432 e. The molecule has 2 heterocycles. The quantitative estimate of drug-likeness (QED) is 0.901. The van der Waals surface area contributed by atoms with Crippen LogP contribution in [0.3, 0.4) is 0 Å². The van der Waals surface area contributed by atoms with Gasteiger partial charge in [0, 0.05) is 30.5 Å². The van der Waals surface area contributed by atoms with Gasteiger partial charge in [0.05, 0.1) is 5.69 Å². The highest BCUT2D eigenvalue weighted by molar-refractivity contribution is 5.58. The number of nitrogens with two attached hydrogens (primary N) is 1. The molecule has 3 N–H and O–H groups in total. The second-order valence-corrected chi connectivity index (χ2v) is 5.59. The van der Waals surface area contributed by atoms with Crippen molar-refractivity contribution in [2.75, 3.05) is 23.3 Å². The Hall–Kier alpha value is -2.01. The van der Waals surface area contributed by atoms with E-state index in [1.165, 1.54) is 24.9 Å². The van der Waals surface area contributed by atoms with Gasteiger partial charge in [0.1, 0.15) is 6.26 Å². The largest absolute Gasteiger partial charge is 0.432 e. The summed E-state index contributed by atoms with van der Waals surface area (Å²) >= 11 is 0. The van der Waals surface area contributed by atoms with Gasteiger partial charge in [-0.15, -0.1) is 0 Å². The highest BCUT2D eigenvalue weighted by atomic mass is 16.4. The number of piperidine rings is 1. The first-order valence-electron chi connectivity index (χ1n) is 7.55. The molecule has 0 aliphatic carbocycles. The number of rotatable bonds is 4. The predicted octanol–water partition coefficient (Wildman–Crippen LogP) is 3.43. The molecule has 1 aliphatic heterocycles. The molecule has 1 fully saturated rings. The number of benzene rings is 1. The molecular formula is C16H22N4O. The van der Waals surface area contributed by atoms with Gasteiger partial charge in [-0.25, -0.2) is 0 Å². The van der Waals surface area contributed by atoms with Crippen LogP contribution in [0.25, 0.3) is 0 Å². The summed E-state index contributed by atoms with van der Waals surface area (Å²) in [6.07, 6.45) is 5.52. The summed E-state index contributed by atoms with van der Waals surface area (Å²) in [5.74, 6) is 0. The Morgan fingerprint density at radius 3 is 2.52 bits per heavy atom. The van der Waals surface area contributed by atoms with Gasteiger partial charge in [-0.2, -0.15) is 4.98 Å². The number of hydrogen-bond acceptors (Lipinski definition) is 5. The number of oxazole rings is 1. The predicted molar refractivity (Wildman–Crippen MR) is 84.9 cm³/mol. The van der Waals surface area contributed by atoms with Gasteiger partial charge in [0.25, 0.3) is 6.01 Å². The summed E-state index contributed by atoms with van der Waals surface area (Å²) in [5, 5.41) is 3.16. The molecule has 0 spiro atoms. The molecule has 0 radical (unpaired) electrons. The summed E-state index contributed by atoms with van der Waals surface area (Å²) in [4.78, 5) is 6.74. The Balaban J connectivity index is 1.65. The smallest absolute Gasteiger partial charge is 0.299 e. The number of nitrogens with one attached hydrogen (secondary N) is 1. The lowest BCUT2D eigenvalue weighted by molar-refractivity contribution is 0.573. The molecule has 1 atom stereocenters. The molecule has 0 bridgehead atoms. The maximum absolute atomic E-state index is 5.77. The molecule has 2 aromatic rings. The molecule has 1 aliphatic rings. The average molecular weight is 286 g/mol. The fraction of sp³-hybridized carbons (Fsp3) is 0.438. The third-order valence-electron chi connectivity index (χ3n) is 3.83. The second kappa shape index (κ2) is 6.18. The number of aromatic nitrogens is 1. The van der Waals surface area contributed by atoms with Crippen LogP contribution in [0.4, 0.5) is 17.4 Å². The van der Waals surface area contributed by atoms with Crippen molar-refractivity contribution in [3.05, 3.63) is 36.2 Å². The summed E-state index contributed by atoms with van der Waals surface area (Å²) in [6.45, 7) is 4.20. The van der Waals surface area contributed by atoms with Crippen LogP contribution in [0.1, 0.15) is 37.9 Å². The minimum absolute atomic E-state index is 0.120. The van der Waals surface area contributed by atoms with Crippen molar-refractivity contribution >= 4 is 17.4 Å². The molecule has 1 unspecified atom stereocenters. The van der Waals surface area contributed by atoms with Crippen molar-refractivity contribution in [3.63, 3.8) is 0 Å². The standard InChI is InChI=1S/C16H22N4O/c1-12(17)15-11-21-16(19-15)18-13-5-7-14(8-6-13)20-9-3-2-4-10-20/h5-8,11-12H,2-4,9-10,17H2,1H3,(H,18,19). The zero-order valence-electron chi connectivity index (χ0n) is 12.4. The van der Waals surface area contributed by atoms with E-state index in [-0.39, 0.29) is 6.04 Å². The third kappa shape index (κ3) is 3.36. The molecule has 112 valence electrons. The van der Waals surface area contributed by atoms with Crippen LogP contribution in [0.2, 0.25) is 0 Å². The Kier molecular flexibility index (Phi) is 4.10. The van der Waals surface area contributed by atoms with Gasteiger partial charge < -0.3 is 20.4 Å². The lowest BCUT2D eigenvalue weighted by atomic mass is 10.1. The van der Waals surface area contributed by atoms with Crippen molar-refractivity contribution in [1.82, 2.24) is 4.98 Å². The van der Waals surface area contributed by atoms with Gasteiger partial charge in [0.2, 0.25) is 0 Å². The molecule has 5 heteroatoms. The molecule has 0 amide bonds. The van der Waals surface area contributed by atoms with Crippen LogP contribution in [0, 0.1) is 0 Å². The first-order chi connectivity index (χ1) is 10.2. The summed E-state index contributed by atoms with van der Waals surface area (Å²) < 4.78 is 5.36. The summed E-state index contributed by atoms with van der Waals surface area (Å²) in [7, 11) is 0. The van der Waals surface area contributed by atoms with Crippen LogP contribution >= 0.6 is 0 Å². The van der Waals surface area contributed by atoms with E-state index in [1.807, 2.05) is 6.92 Å². The van der Waals surface area contributed by atoms with E-state index in [4.69, 9.17) is 10.2 Å². The zero-order valence-corrected chi connectivity index (χ0v) is 12.4. The normalized spacial score (nSPS) is 16.8. The Bertz CT molecular complexity index is 570. The van der Waals surface area contributed by atoms with Crippen molar-refractivity contribution in [1.29, 1.82) is 0 Å². The number of anilines is 3. The van der Waals surface area contributed by atoms with Gasteiger partial charge in [-0.1, -0.05) is 0 Å². The molecule has 1 aromatic heterocycles. The lowest BCUT2D eigenvalue weighted by Crippen LogP contribution is -2.29. The van der Waals surface area contributed by atoms with Gasteiger partial charge in [0.15, 0.2) is 0 Å². The van der Waals surface area contributed by atoms with E-state index in [2.05, 4.69) is 39.5 Å². The van der Waals surface area contributed by atoms with Crippen LogP contribution in [-0.2, 0) is 0 Å². The zero-order chi connectivity index (χ0) is 14.7. The molecular weight excluding hydrogens is 264 g/mol. The highest BCUT2D eigenvalue weighted by Crippen LogP contribution is 2.24. The van der Waals surface area contributed by atoms with Crippen molar-refractivity contribution < 1.29 is 4.42 Å². The molecule has 3 rings (SSSR count). The number of nitrogens with zero attached hydrogens (tertiary/aromatic N) is 2. The van der Waals surface area contributed by atoms with E-state index < -0.39 is 0 Å². The maximum Gasteiger partial charge on any atom is 0.299 e. The average Bonchev–Trinajstić information content (AvgIpc) is 2.98. The Labute approximate surface area is 125 Å². The molecule has 1 aromatic carbocycles. The van der Waals surface area contributed by atoms with Crippen LogP contribution in [-0.4, -0.2) is 18.1 Å². The molecule has 1 saturated heterocycles. The van der Waals surface area contributed by atoms with E-state index in [0.29, 0.717) is 6.01 Å². The van der Waals surface area contributed by atoms with Crippen LogP contribution in [0.15, 0.2) is 34.9 Å². The van der Waals surface area contributed by atoms with E-state index >= 15 is 0 Å². The fourth-order valence-corrected chi connectivity index (χ4v) is 2.58. The van der Waals surface area contributed by atoms with E-state index in [1.54, 1.807) is 6.26 Å². The summed E-state index contributed by atoms with van der Waals surface area (Å²) in [5.41, 5.74) is 8.77. The van der Waals surface area contributed by atoms with Gasteiger partial charge in [-0.3, -0.25) is 0 Å². The van der Waals surface area contributed by atoms with E-state index in [0.717, 1.165) is 24.5 Å². The van der Waals surface area contributed by atoms with Crippen molar-refractivity contribution in [2.45, 2.75) is 32.2 Å². The van der Waals surface area contributed by atoms with Crippen molar-refractivity contribution in [2.24, 2.45) is 5.73 Å². The minimum atomic E-state index is -0.120. The SMILES string of the molecule is CC(N)c1coc(Nc2ccc(N3CCCCC3)cc2)n1. The second-order valence-electron chi connectivity index (χ2n) is 5.59. The first kappa shape index (κ1) is 13.9. The van der Waals surface area contributed by atoms with Crippen LogP contribution < -0.4 is 16.0 Å². The topological polar surface area (TPSA) is 67.3 Å². The first-order valence-corrected chi connectivity index (χ1v) is 7.55. The van der Waals surface area contributed by atoms with Crippen molar-refractivity contribution in [3.8, 4) is 0 Å². The molecule has 0 saturated carbocycles. The molecule has 21 heavy (non-hydrogen) atoms. The maximum atomic E-state index is 5.77. The lowest BCUT2D eigenvalue weighted by Gasteiger charge is -2.28. The highest BCUT2D eigenvalue weighted by Gasteiger charge is 2.11. The van der Waals surface area contributed by atoms with Gasteiger partial charge >= 0.3 is 0 Å². The molecule has 5 nitrogen and oxygen atoms in total. The van der Waals surface area contributed by atoms with Crippen LogP contribution in [0.5, 0.6) is 0 Å². The third-order valence-corrected chi connectivity index (χ3v) is 3.83. The van der Waals surface area contributed by atoms with E-state index in [9.17, 15) is 0 Å².